The molecule has 0 heterocycles. The lowest BCUT2D eigenvalue weighted by Gasteiger charge is -1.75. The molecule has 7 heavy (non-hydrogen) atoms. The van der Waals surface area contributed by atoms with E-state index in [2.05, 4.69) is 12.3 Å². The Hall–Kier alpha value is -0.810. The van der Waals surface area contributed by atoms with Crippen LogP contribution in [0.4, 0.5) is 0 Å². The van der Waals surface area contributed by atoms with Gasteiger partial charge in [0, 0.05) is 12.5 Å². The monoisotopic (exact) mass is 96.1 g/mol. The molecule has 0 rings (SSSR count). The third kappa shape index (κ3) is 3.01. The second kappa shape index (κ2) is 3.38. The van der Waals surface area contributed by atoms with E-state index in [9.17, 15) is 4.79 Å². The summed E-state index contributed by atoms with van der Waals surface area (Å²) in [6.45, 7) is 5.05. The van der Waals surface area contributed by atoms with E-state index in [1.54, 1.807) is 6.92 Å². The Morgan fingerprint density at radius 3 is 2.71 bits per heavy atom. The number of carbonyl (C=O) groups is 1. The lowest BCUT2D eigenvalue weighted by atomic mass is 10.3. The third-order valence-corrected chi connectivity index (χ3v) is 0.612. The van der Waals surface area contributed by atoms with Crippen molar-refractivity contribution in [1.82, 2.24) is 0 Å². The van der Waals surface area contributed by atoms with E-state index < -0.39 is 0 Å². The van der Waals surface area contributed by atoms with Crippen LogP contribution < -0.4 is 0 Å². The molecule has 0 spiro atoms. The normalized spacial score (nSPS) is 7.00. The number of hydrogen-bond donors (Lipinski definition) is 0. The van der Waals surface area contributed by atoms with Crippen LogP contribution in [0.15, 0.2) is 18.4 Å². The van der Waals surface area contributed by atoms with Crippen molar-refractivity contribution < 1.29 is 4.79 Å². The summed E-state index contributed by atoms with van der Waals surface area (Å²) >= 11 is 0. The highest BCUT2D eigenvalue weighted by atomic mass is 16.1. The first kappa shape index (κ1) is 6.19. The number of ketones is 1. The summed E-state index contributed by atoms with van der Waals surface area (Å²) in [5, 5.41) is 0. The molecule has 0 aromatic rings. The van der Waals surface area contributed by atoms with Crippen LogP contribution in [0.3, 0.4) is 0 Å². The van der Waals surface area contributed by atoms with Crippen LogP contribution in [0.5, 0.6) is 0 Å². The van der Waals surface area contributed by atoms with Crippen molar-refractivity contribution in [3.8, 4) is 0 Å². The van der Waals surface area contributed by atoms with Gasteiger partial charge in [0.05, 0.1) is 0 Å². The molecule has 0 atom stereocenters. The molecule has 0 aliphatic carbocycles. The number of rotatable bonds is 2. The molecule has 0 N–H and O–H groups in total. The Morgan fingerprint density at radius 2 is 2.57 bits per heavy atom. The van der Waals surface area contributed by atoms with Gasteiger partial charge >= 0.3 is 0 Å². The average molecular weight is 96.1 g/mol. The Labute approximate surface area is 43.3 Å². The Bertz CT molecular complexity index is 107. The minimum atomic E-state index is 0.0787. The average Bonchev–Trinajstić information content (AvgIpc) is 1.68. The van der Waals surface area contributed by atoms with Gasteiger partial charge in [0.25, 0.3) is 0 Å². The number of hydrogen-bond acceptors (Lipinski definition) is 1. The van der Waals surface area contributed by atoms with Gasteiger partial charge in [-0.05, 0) is 0 Å². The first-order chi connectivity index (χ1) is 3.31. The van der Waals surface area contributed by atoms with Crippen LogP contribution in [-0.4, -0.2) is 5.78 Å². The summed E-state index contributed by atoms with van der Waals surface area (Å²) in [4.78, 5) is 10.3. The fourth-order valence-electron chi connectivity index (χ4n) is 0.216. The Kier molecular flexibility index (Phi) is 2.99. The summed E-state index contributed by atoms with van der Waals surface area (Å²) in [6, 6.07) is 0. The van der Waals surface area contributed by atoms with E-state index >= 15 is 0 Å². The van der Waals surface area contributed by atoms with Gasteiger partial charge in [-0.15, -0.1) is 5.73 Å². The minimum Gasteiger partial charge on any atom is -0.294 e. The zero-order valence-corrected chi connectivity index (χ0v) is 4.40. The zero-order valence-electron chi connectivity index (χ0n) is 4.40. The lowest BCUT2D eigenvalue weighted by Crippen LogP contribution is -1.84. The fourth-order valence-corrected chi connectivity index (χ4v) is 0.216. The highest BCUT2D eigenvalue weighted by Gasteiger charge is 1.83. The van der Waals surface area contributed by atoms with Crippen molar-refractivity contribution in [3.05, 3.63) is 18.4 Å². The molecular weight excluding hydrogens is 88.1 g/mol. The maximum absolute atomic E-state index is 10.3. The second-order valence-electron chi connectivity index (χ2n) is 1.17. The van der Waals surface area contributed by atoms with Crippen molar-refractivity contribution in [2.75, 3.05) is 0 Å². The summed E-state index contributed by atoms with van der Waals surface area (Å²) in [6.07, 6.45) is 1.89. The van der Waals surface area contributed by atoms with Gasteiger partial charge in [0.2, 0.25) is 0 Å². The highest BCUT2D eigenvalue weighted by Crippen LogP contribution is 1.78. The molecule has 0 aliphatic heterocycles. The summed E-state index contributed by atoms with van der Waals surface area (Å²) in [5.41, 5.74) is 2.39. The summed E-state index contributed by atoms with van der Waals surface area (Å²) in [7, 11) is 0. The van der Waals surface area contributed by atoms with Crippen LogP contribution in [0.2, 0.25) is 0 Å². The van der Waals surface area contributed by atoms with Crippen molar-refractivity contribution in [1.29, 1.82) is 0 Å². The van der Waals surface area contributed by atoms with Gasteiger partial charge in [-0.2, -0.15) is 0 Å². The third-order valence-electron chi connectivity index (χ3n) is 0.612. The first-order valence-electron chi connectivity index (χ1n) is 2.20. The molecule has 0 radical (unpaired) electrons. The van der Waals surface area contributed by atoms with E-state index in [1.165, 1.54) is 6.08 Å². The minimum absolute atomic E-state index is 0.0787. The molecule has 0 saturated carbocycles. The quantitative estimate of drug-likeness (QED) is 0.374. The van der Waals surface area contributed by atoms with Crippen LogP contribution in [-0.2, 0) is 4.79 Å². The van der Waals surface area contributed by atoms with Crippen molar-refractivity contribution in [2.24, 2.45) is 0 Å². The molecule has 0 unspecified atom stereocenters. The van der Waals surface area contributed by atoms with Gasteiger partial charge in [0.1, 0.15) is 0 Å². The first-order valence-corrected chi connectivity index (χ1v) is 2.20. The zero-order chi connectivity index (χ0) is 5.70. The highest BCUT2D eigenvalue weighted by molar-refractivity contribution is 5.88. The van der Waals surface area contributed by atoms with Crippen molar-refractivity contribution in [3.63, 3.8) is 0 Å². The molecule has 0 aromatic carbocycles. The molecule has 38 valence electrons. The molecular formula is C6H8O. The van der Waals surface area contributed by atoms with Gasteiger partial charge in [0.15, 0.2) is 5.78 Å². The van der Waals surface area contributed by atoms with Gasteiger partial charge in [-0.25, -0.2) is 0 Å². The maximum Gasteiger partial charge on any atom is 0.163 e. The standard InChI is InChI=1S/C6H8O/c1-3-5-6(7)4-2/h5H,1,4H2,2H3. The lowest BCUT2D eigenvalue weighted by molar-refractivity contribution is -0.114. The van der Waals surface area contributed by atoms with E-state index in [0.29, 0.717) is 6.42 Å². The van der Waals surface area contributed by atoms with Gasteiger partial charge < -0.3 is 0 Å². The van der Waals surface area contributed by atoms with Gasteiger partial charge in [-0.1, -0.05) is 13.5 Å². The summed E-state index contributed by atoms with van der Waals surface area (Å²) in [5.74, 6) is 0.0787. The molecule has 0 amide bonds. The van der Waals surface area contributed by atoms with E-state index in [1.807, 2.05) is 0 Å². The Morgan fingerprint density at radius 1 is 2.00 bits per heavy atom. The molecule has 0 fully saturated rings. The van der Waals surface area contributed by atoms with E-state index in [4.69, 9.17) is 0 Å². The van der Waals surface area contributed by atoms with E-state index in [0.717, 1.165) is 0 Å². The topological polar surface area (TPSA) is 17.1 Å². The molecule has 1 heteroatoms. The van der Waals surface area contributed by atoms with Crippen molar-refractivity contribution in [2.45, 2.75) is 13.3 Å². The SMILES string of the molecule is C=C=CC(=O)CC. The molecule has 0 aliphatic rings. The predicted molar refractivity (Wildman–Crippen MR) is 29.0 cm³/mol. The molecule has 0 bridgehead atoms. The molecule has 0 saturated heterocycles. The van der Waals surface area contributed by atoms with Crippen LogP contribution >= 0.6 is 0 Å². The number of allylic oxidation sites excluding steroid dienone is 1. The van der Waals surface area contributed by atoms with Crippen LogP contribution in [0.25, 0.3) is 0 Å². The van der Waals surface area contributed by atoms with Gasteiger partial charge in [-0.3, -0.25) is 4.79 Å². The summed E-state index contributed by atoms with van der Waals surface area (Å²) < 4.78 is 0. The van der Waals surface area contributed by atoms with E-state index in [-0.39, 0.29) is 5.78 Å². The smallest absolute Gasteiger partial charge is 0.163 e. The Balaban J connectivity index is 3.58. The fraction of sp³-hybridized carbons (Fsp3) is 0.333. The largest absolute Gasteiger partial charge is 0.294 e. The predicted octanol–water partition coefficient (Wildman–Crippen LogP) is 1.31. The van der Waals surface area contributed by atoms with Crippen LogP contribution in [0.1, 0.15) is 13.3 Å². The molecule has 0 aromatic heterocycles. The maximum atomic E-state index is 10.3. The van der Waals surface area contributed by atoms with Crippen LogP contribution in [0, 0.1) is 0 Å². The van der Waals surface area contributed by atoms with Crippen molar-refractivity contribution >= 4 is 5.78 Å². The molecule has 1 nitrogen and oxygen atoms in total. The number of carbonyl (C=O) groups excluding carboxylic acids is 1. The second-order valence-corrected chi connectivity index (χ2v) is 1.17.